The van der Waals surface area contributed by atoms with Crippen LogP contribution in [0.25, 0.3) is 16.8 Å². The zero-order chi connectivity index (χ0) is 23.9. The molecular weight excluding hydrogens is 432 g/mol. The van der Waals surface area contributed by atoms with Gasteiger partial charge >= 0.3 is 11.6 Å². The summed E-state index contributed by atoms with van der Waals surface area (Å²) >= 11 is 0. The van der Waals surface area contributed by atoms with Gasteiger partial charge in [0.15, 0.2) is 17.5 Å². The summed E-state index contributed by atoms with van der Waals surface area (Å²) < 4.78 is 6.56. The van der Waals surface area contributed by atoms with Crippen LogP contribution in [0, 0.1) is 0 Å². The fraction of sp³-hybridized carbons (Fsp3) is 0.308. The molecule has 1 atom stereocenters. The molecule has 2 heterocycles. The van der Waals surface area contributed by atoms with Crippen molar-refractivity contribution in [3.8, 4) is 0 Å². The minimum Gasteiger partial charge on any atom is -0.408 e. The van der Waals surface area contributed by atoms with E-state index < -0.39 is 5.76 Å². The Morgan fingerprint density at radius 2 is 1.82 bits per heavy atom. The first-order valence-electron chi connectivity index (χ1n) is 11.5. The molecule has 175 valence electrons. The number of aromatic nitrogens is 1. The van der Waals surface area contributed by atoms with Gasteiger partial charge in [0.2, 0.25) is 5.91 Å². The van der Waals surface area contributed by atoms with E-state index in [0.717, 1.165) is 30.5 Å². The lowest BCUT2D eigenvalue weighted by Crippen LogP contribution is -2.47. The van der Waals surface area contributed by atoms with Gasteiger partial charge in [-0.05, 0) is 36.9 Å². The van der Waals surface area contributed by atoms with Crippen LogP contribution in [-0.4, -0.2) is 28.1 Å². The number of rotatable bonds is 11. The van der Waals surface area contributed by atoms with Crippen LogP contribution < -0.4 is 21.4 Å². The van der Waals surface area contributed by atoms with Gasteiger partial charge in [-0.2, -0.15) is 0 Å². The Kier molecular flexibility index (Phi) is 7.37. The highest BCUT2D eigenvalue weighted by Crippen LogP contribution is 2.15. The fourth-order valence-electron chi connectivity index (χ4n) is 4.00. The van der Waals surface area contributed by atoms with Crippen LogP contribution in [0.4, 0.5) is 0 Å². The monoisotopic (exact) mass is 460 g/mol. The second-order valence-electron chi connectivity index (χ2n) is 8.39. The van der Waals surface area contributed by atoms with Crippen LogP contribution in [0.1, 0.15) is 44.6 Å². The molecule has 8 heteroatoms. The maximum absolute atomic E-state index is 12.9. The Morgan fingerprint density at radius 3 is 2.62 bits per heavy atom. The van der Waals surface area contributed by atoms with Gasteiger partial charge in [0, 0.05) is 12.0 Å². The van der Waals surface area contributed by atoms with E-state index in [1.165, 1.54) is 4.57 Å². The molecule has 0 spiro atoms. The van der Waals surface area contributed by atoms with Gasteiger partial charge in [-0.15, -0.1) is 0 Å². The van der Waals surface area contributed by atoms with E-state index in [2.05, 4.69) is 15.6 Å². The third-order valence-corrected chi connectivity index (χ3v) is 5.74. The molecule has 0 aliphatic carbocycles. The average Bonchev–Trinajstić information content (AvgIpc) is 3.44. The van der Waals surface area contributed by atoms with Crippen LogP contribution in [0.5, 0.6) is 0 Å². The number of nitrogens with zero attached hydrogens (tertiary/aromatic N) is 2. The van der Waals surface area contributed by atoms with Crippen LogP contribution in [-0.2, 0) is 16.1 Å². The lowest BCUT2D eigenvalue weighted by atomic mass is 10.0. The summed E-state index contributed by atoms with van der Waals surface area (Å²) in [5.41, 5.74) is 2.89. The molecule has 0 saturated heterocycles. The second kappa shape index (κ2) is 10.8. The second-order valence-corrected chi connectivity index (χ2v) is 8.39. The van der Waals surface area contributed by atoms with Crippen molar-refractivity contribution in [2.45, 2.75) is 51.6 Å². The van der Waals surface area contributed by atoms with Crippen LogP contribution >= 0.6 is 0 Å². The summed E-state index contributed by atoms with van der Waals surface area (Å²) in [5.74, 6) is -0.0362. The highest BCUT2D eigenvalue weighted by Gasteiger charge is 2.31. The van der Waals surface area contributed by atoms with Crippen LogP contribution in [0.15, 0.2) is 70.0 Å². The molecule has 1 aliphatic rings. The third kappa shape index (κ3) is 5.70. The molecule has 0 saturated carbocycles. The summed E-state index contributed by atoms with van der Waals surface area (Å²) in [7, 11) is 0. The Balaban J connectivity index is 1.43. The molecule has 1 amide bonds. The molecular formula is C26H28N4O4+. The number of benzene rings is 2. The number of carbonyl (C=O) groups excluding carboxylic acids is 2. The predicted molar refractivity (Wildman–Crippen MR) is 131 cm³/mol. The van der Waals surface area contributed by atoms with Gasteiger partial charge in [0.05, 0.1) is 5.52 Å². The number of carbonyl (C=O) groups is 2. The number of amidine groups is 1. The molecule has 2 N–H and O–H groups in total. The number of hydrogen-bond donors (Lipinski definition) is 2. The average molecular weight is 461 g/mol. The largest absolute Gasteiger partial charge is 0.420 e. The number of unbranched alkanes of at least 4 members (excludes halogenated alkanes) is 2. The van der Waals surface area contributed by atoms with Crippen molar-refractivity contribution in [1.29, 1.82) is 0 Å². The van der Waals surface area contributed by atoms with Gasteiger partial charge in [-0.3, -0.25) is 9.36 Å². The molecule has 1 aliphatic heterocycles. The molecule has 0 bridgehead atoms. The number of ketones is 1. The quantitative estimate of drug-likeness (QED) is 0.428. The molecule has 8 nitrogen and oxygen atoms in total. The lowest BCUT2D eigenvalue weighted by molar-refractivity contribution is -0.122. The first-order chi connectivity index (χ1) is 16.5. The number of amides is 1. The van der Waals surface area contributed by atoms with E-state index in [9.17, 15) is 14.4 Å². The van der Waals surface area contributed by atoms with Crippen molar-refractivity contribution >= 4 is 34.3 Å². The Bertz CT molecular complexity index is 1290. The van der Waals surface area contributed by atoms with Gasteiger partial charge in [0.25, 0.3) is 0 Å². The highest BCUT2D eigenvalue weighted by atomic mass is 16.4. The number of oxazole rings is 1. The number of Topliss-reactive ketones (excluding diaryl/α,β-unsaturated/α-hetero) is 1. The number of para-hydroxylation sites is 2. The van der Waals surface area contributed by atoms with Gasteiger partial charge in [-0.25, -0.2) is 10.1 Å². The van der Waals surface area contributed by atoms with Crippen molar-refractivity contribution in [3.05, 3.63) is 76.9 Å². The summed E-state index contributed by atoms with van der Waals surface area (Å²) in [6.07, 6.45) is 5.50. The van der Waals surface area contributed by atoms with Crippen molar-refractivity contribution in [1.82, 2.24) is 20.2 Å². The SMILES string of the molecule is CC(=O)CCCCC[C@H](NC(=O)Cn1c(=O)oc2ccccc21)C1=[N+]C=C(c2ccccc2)N1. The predicted octanol–water partition coefficient (Wildman–Crippen LogP) is 2.95. The summed E-state index contributed by atoms with van der Waals surface area (Å²) in [5, 5.41) is 6.35. The maximum atomic E-state index is 12.9. The highest BCUT2D eigenvalue weighted by molar-refractivity contribution is 5.99. The Morgan fingerprint density at radius 1 is 1.06 bits per heavy atom. The fourth-order valence-corrected chi connectivity index (χ4v) is 4.00. The normalized spacial score (nSPS) is 13.8. The lowest BCUT2D eigenvalue weighted by Gasteiger charge is -2.15. The summed E-state index contributed by atoms with van der Waals surface area (Å²) in [4.78, 5) is 40.9. The number of hydrogen-bond acceptors (Lipinski definition) is 6. The van der Waals surface area contributed by atoms with E-state index in [1.54, 1.807) is 37.4 Å². The summed E-state index contributed by atoms with van der Waals surface area (Å²) in [6, 6.07) is 16.5. The van der Waals surface area contributed by atoms with Crippen LogP contribution in [0.2, 0.25) is 0 Å². The van der Waals surface area contributed by atoms with Crippen LogP contribution in [0.3, 0.4) is 0 Å². The number of fused-ring (bicyclic) bond motifs is 1. The zero-order valence-corrected chi connectivity index (χ0v) is 19.1. The Hall–Kier alpha value is -3.94. The molecule has 34 heavy (non-hydrogen) atoms. The minimum absolute atomic E-state index is 0.150. The first kappa shape index (κ1) is 23.2. The van der Waals surface area contributed by atoms with Gasteiger partial charge in [0.1, 0.15) is 18.4 Å². The van der Waals surface area contributed by atoms with Crippen molar-refractivity contribution in [2.75, 3.05) is 0 Å². The molecule has 0 unspecified atom stereocenters. The molecule has 1 aromatic heterocycles. The minimum atomic E-state index is -0.568. The topological polar surface area (TPSA) is 107 Å². The van der Waals surface area contributed by atoms with Crippen molar-refractivity contribution in [3.63, 3.8) is 0 Å². The molecule has 4 rings (SSSR count). The van der Waals surface area contributed by atoms with Crippen molar-refractivity contribution < 1.29 is 14.0 Å². The van der Waals surface area contributed by atoms with E-state index >= 15 is 0 Å². The van der Waals surface area contributed by atoms with E-state index in [-0.39, 0.29) is 24.3 Å². The van der Waals surface area contributed by atoms with Gasteiger partial charge in [-0.1, -0.05) is 55.3 Å². The summed E-state index contributed by atoms with van der Waals surface area (Å²) in [6.45, 7) is 1.45. The molecule has 1 radical (unpaired) electrons. The molecule has 0 fully saturated rings. The third-order valence-electron chi connectivity index (χ3n) is 5.74. The number of aliphatic imine (C=N–C) groups is 1. The van der Waals surface area contributed by atoms with E-state index in [0.29, 0.717) is 29.8 Å². The van der Waals surface area contributed by atoms with Gasteiger partial charge < -0.3 is 14.5 Å². The zero-order valence-electron chi connectivity index (χ0n) is 19.1. The van der Waals surface area contributed by atoms with Crippen molar-refractivity contribution in [2.24, 2.45) is 0 Å². The smallest absolute Gasteiger partial charge is 0.408 e. The first-order valence-corrected chi connectivity index (χ1v) is 11.5. The van der Waals surface area contributed by atoms with E-state index in [1.807, 2.05) is 30.3 Å². The molecule has 3 aromatic rings. The van der Waals surface area contributed by atoms with E-state index in [4.69, 9.17) is 4.42 Å². The maximum Gasteiger partial charge on any atom is 0.420 e. The Labute approximate surface area is 197 Å². The molecule has 2 aromatic carbocycles. The number of nitrogens with one attached hydrogen (secondary N) is 2. The standard InChI is InChI=1S/C26H28N4O4/c1-18(31)10-4-2-7-13-20(25-27-16-21(29-25)19-11-5-3-6-12-19)28-24(32)17-30-22-14-8-9-15-23(22)34-26(30)33/h3,5-6,8-9,11-12,14-16,20,29H,2,4,7,10,13,17H2,1H3,(H,28,32)/q+1/t20-/m0/s1.